The molecule has 0 spiro atoms. The predicted molar refractivity (Wildman–Crippen MR) is 127 cm³/mol. The van der Waals surface area contributed by atoms with Crippen molar-refractivity contribution in [1.29, 1.82) is 0 Å². The van der Waals surface area contributed by atoms with Crippen LogP contribution in [0.3, 0.4) is 0 Å². The number of hydrogen-bond acceptors (Lipinski definition) is 6. The van der Waals surface area contributed by atoms with Crippen molar-refractivity contribution in [2.75, 3.05) is 6.61 Å². The van der Waals surface area contributed by atoms with Gasteiger partial charge in [0.2, 0.25) is 0 Å². The van der Waals surface area contributed by atoms with E-state index in [0.717, 1.165) is 22.8 Å². The lowest BCUT2D eigenvalue weighted by atomic mass is 10.0. The number of hydrogen-bond donors (Lipinski definition) is 2. The molecule has 8 heteroatoms. The summed E-state index contributed by atoms with van der Waals surface area (Å²) in [5.41, 5.74) is 2.53. The summed E-state index contributed by atoms with van der Waals surface area (Å²) in [4.78, 5) is 10.4. The average molecular weight is 454 g/mol. The fourth-order valence-electron chi connectivity index (χ4n) is 2.20. The molecule has 1 unspecified atom stereocenters. The molecule has 2 N–H and O–H groups in total. The van der Waals surface area contributed by atoms with E-state index < -0.39 is 4.92 Å². The van der Waals surface area contributed by atoms with Gasteiger partial charge in [0.1, 0.15) is 11.5 Å². The molecule has 0 aliphatic heterocycles. The summed E-state index contributed by atoms with van der Waals surface area (Å²) < 4.78 is 11.3. The fraction of sp³-hybridized carbons (Fsp3) is 0.478. The van der Waals surface area contributed by atoms with Gasteiger partial charge in [-0.1, -0.05) is 46.8 Å². The lowest BCUT2D eigenvalue weighted by Crippen LogP contribution is -1.96. The van der Waals surface area contributed by atoms with Crippen LogP contribution in [-0.2, 0) is 6.61 Å². The first-order valence-corrected chi connectivity index (χ1v) is 11.1. The van der Waals surface area contributed by atoms with Crippen molar-refractivity contribution in [3.63, 3.8) is 0 Å². The van der Waals surface area contributed by atoms with Crippen LogP contribution in [0, 0.1) is 23.0 Å². The zero-order valence-corrected chi connectivity index (χ0v) is 20.5. The summed E-state index contributed by atoms with van der Waals surface area (Å²) in [6.07, 6.45) is 0. The van der Waals surface area contributed by atoms with Crippen LogP contribution in [0.4, 0.5) is 5.69 Å². The van der Waals surface area contributed by atoms with Crippen LogP contribution < -0.4 is 9.05 Å². The van der Waals surface area contributed by atoms with Crippen LogP contribution in [-0.4, -0.2) is 21.7 Å². The Morgan fingerprint density at radius 3 is 2.03 bits per heavy atom. The first-order chi connectivity index (χ1) is 14.6. The van der Waals surface area contributed by atoms with E-state index in [0.29, 0.717) is 11.5 Å². The largest absolute Gasteiger partial charge is 0.440 e. The highest BCUT2D eigenvalue weighted by Gasteiger charge is 2.13. The molecule has 0 heterocycles. The normalized spacial score (nSPS) is 10.4. The van der Waals surface area contributed by atoms with Crippen molar-refractivity contribution in [2.24, 2.45) is 5.92 Å². The summed E-state index contributed by atoms with van der Waals surface area (Å²) in [5.74, 6) is 2.12. The van der Waals surface area contributed by atoms with Crippen molar-refractivity contribution in [1.82, 2.24) is 0 Å². The molecule has 2 rings (SSSR count). The number of aryl methyl sites for hydroxylation is 1. The van der Waals surface area contributed by atoms with E-state index in [1.54, 1.807) is 6.92 Å². The SMILES string of the molecule is CC(C)C.CCO.Cc1ccc(C(C)C)c(OPOc2cc([N+](=O)[O-])ccc2CO)c1. The molecular weight excluding hydrogens is 417 g/mol. The molecule has 0 saturated heterocycles. The third-order valence-corrected chi connectivity index (χ3v) is 4.13. The van der Waals surface area contributed by atoms with Crippen LogP contribution in [0.5, 0.6) is 11.5 Å². The van der Waals surface area contributed by atoms with E-state index in [2.05, 4.69) is 34.6 Å². The van der Waals surface area contributed by atoms with Crippen LogP contribution >= 0.6 is 9.03 Å². The topological polar surface area (TPSA) is 102 Å². The zero-order chi connectivity index (χ0) is 24.0. The minimum absolute atomic E-state index is 0.0922. The lowest BCUT2D eigenvalue weighted by Gasteiger charge is -2.15. The summed E-state index contributed by atoms with van der Waals surface area (Å²) in [5, 5.41) is 27.8. The molecule has 0 amide bonds. The summed E-state index contributed by atoms with van der Waals surface area (Å²) in [6.45, 7) is 14.3. The van der Waals surface area contributed by atoms with Gasteiger partial charge < -0.3 is 19.3 Å². The summed E-state index contributed by atoms with van der Waals surface area (Å²) >= 11 is 0. The quantitative estimate of drug-likeness (QED) is 0.296. The molecule has 1 atom stereocenters. The van der Waals surface area contributed by atoms with Crippen molar-refractivity contribution in [3.05, 3.63) is 63.2 Å². The molecule has 0 aromatic heterocycles. The molecule has 2 aromatic carbocycles. The molecule has 174 valence electrons. The van der Waals surface area contributed by atoms with E-state index in [9.17, 15) is 15.2 Å². The van der Waals surface area contributed by atoms with Gasteiger partial charge in [-0.15, -0.1) is 0 Å². The molecule has 0 aliphatic carbocycles. The molecule has 0 fully saturated rings. The maximum Gasteiger partial charge on any atom is 0.275 e. The Balaban J connectivity index is 0.00000113. The first-order valence-electron chi connectivity index (χ1n) is 10.2. The Morgan fingerprint density at radius 1 is 1.00 bits per heavy atom. The van der Waals surface area contributed by atoms with Crippen LogP contribution in [0.1, 0.15) is 64.2 Å². The monoisotopic (exact) mass is 453 g/mol. The van der Waals surface area contributed by atoms with Gasteiger partial charge >= 0.3 is 0 Å². The van der Waals surface area contributed by atoms with Gasteiger partial charge in [-0.25, -0.2) is 0 Å². The van der Waals surface area contributed by atoms with Gasteiger partial charge in [0.25, 0.3) is 14.7 Å². The number of rotatable bonds is 7. The predicted octanol–water partition coefficient (Wildman–Crippen LogP) is 6.15. The van der Waals surface area contributed by atoms with Gasteiger partial charge in [0.15, 0.2) is 0 Å². The second-order valence-corrected chi connectivity index (χ2v) is 8.31. The number of benzene rings is 2. The first kappa shape index (κ1) is 28.8. The van der Waals surface area contributed by atoms with Crippen molar-refractivity contribution >= 4 is 14.7 Å². The zero-order valence-electron chi connectivity index (χ0n) is 19.5. The third-order valence-electron chi connectivity index (χ3n) is 3.53. The van der Waals surface area contributed by atoms with E-state index >= 15 is 0 Å². The summed E-state index contributed by atoms with van der Waals surface area (Å²) in [7, 11) is -0.372. The fourth-order valence-corrected chi connectivity index (χ4v) is 2.79. The Hall–Kier alpha value is -2.21. The van der Waals surface area contributed by atoms with E-state index in [1.165, 1.54) is 18.2 Å². The molecule has 0 saturated carbocycles. The van der Waals surface area contributed by atoms with Crippen LogP contribution in [0.15, 0.2) is 36.4 Å². The van der Waals surface area contributed by atoms with Crippen molar-refractivity contribution in [3.8, 4) is 11.5 Å². The van der Waals surface area contributed by atoms with E-state index in [1.807, 2.05) is 25.1 Å². The third kappa shape index (κ3) is 11.7. The number of aliphatic hydroxyl groups excluding tert-OH is 2. The summed E-state index contributed by atoms with van der Waals surface area (Å²) in [6, 6.07) is 10.1. The van der Waals surface area contributed by atoms with E-state index in [4.69, 9.17) is 14.2 Å². The number of nitrogens with zero attached hydrogens (tertiary/aromatic N) is 1. The number of non-ortho nitro benzene ring substituents is 1. The maximum absolute atomic E-state index is 10.9. The molecule has 0 radical (unpaired) electrons. The van der Waals surface area contributed by atoms with Crippen molar-refractivity contribution in [2.45, 2.75) is 61.0 Å². The van der Waals surface area contributed by atoms with Crippen molar-refractivity contribution < 1.29 is 24.2 Å². The molecule has 2 aromatic rings. The Morgan fingerprint density at radius 2 is 1.55 bits per heavy atom. The van der Waals surface area contributed by atoms with Crippen LogP contribution in [0.25, 0.3) is 0 Å². The van der Waals surface area contributed by atoms with E-state index in [-0.39, 0.29) is 33.7 Å². The Kier molecular flexibility index (Phi) is 14.5. The van der Waals surface area contributed by atoms with Gasteiger partial charge in [-0.05, 0) is 48.9 Å². The smallest absolute Gasteiger partial charge is 0.275 e. The second-order valence-electron chi connectivity index (χ2n) is 7.74. The van der Waals surface area contributed by atoms with Gasteiger partial charge in [0.05, 0.1) is 17.6 Å². The average Bonchev–Trinajstić information content (AvgIpc) is 2.68. The molecular formula is C23H36NO6P. The van der Waals surface area contributed by atoms with Gasteiger partial charge in [-0.2, -0.15) is 0 Å². The standard InChI is InChI=1S/C17H20NO5P.C4H10.C2H6O/c1-11(2)15-7-4-12(3)8-17(15)23-24-22-16-9-14(18(20)21)6-5-13(16)10-19;1-4(2)3;1-2-3/h4-9,11,19,24H,10H2,1-3H3;4H,1-3H3;3H,2H2,1H3. The minimum Gasteiger partial charge on any atom is -0.440 e. The molecule has 31 heavy (non-hydrogen) atoms. The Bertz CT molecular complexity index is 793. The van der Waals surface area contributed by atoms with Crippen LogP contribution in [0.2, 0.25) is 0 Å². The lowest BCUT2D eigenvalue weighted by molar-refractivity contribution is -0.384. The minimum atomic E-state index is -0.505. The van der Waals surface area contributed by atoms with Gasteiger partial charge in [0, 0.05) is 18.2 Å². The number of nitro benzene ring substituents is 1. The Labute approximate surface area is 187 Å². The maximum atomic E-state index is 10.9. The highest BCUT2D eigenvalue weighted by molar-refractivity contribution is 7.27. The number of nitro groups is 1. The molecule has 0 bridgehead atoms. The highest BCUT2D eigenvalue weighted by Crippen LogP contribution is 2.34. The highest BCUT2D eigenvalue weighted by atomic mass is 31.1. The molecule has 0 aliphatic rings. The number of aliphatic hydroxyl groups is 2. The molecule has 7 nitrogen and oxygen atoms in total. The van der Waals surface area contributed by atoms with Gasteiger partial charge in [-0.3, -0.25) is 10.1 Å². The second kappa shape index (κ2) is 15.6.